The first kappa shape index (κ1) is 21.7. The Morgan fingerprint density at radius 1 is 0.971 bits per heavy atom. The van der Waals surface area contributed by atoms with Crippen molar-refractivity contribution >= 4 is 34.8 Å². The molecule has 1 saturated heterocycles. The van der Waals surface area contributed by atoms with Crippen LogP contribution in [0.5, 0.6) is 11.5 Å². The molecule has 34 heavy (non-hydrogen) atoms. The molecular weight excluding hydrogens is 430 g/mol. The molecule has 0 aromatic heterocycles. The van der Waals surface area contributed by atoms with Crippen molar-refractivity contribution in [3.63, 3.8) is 0 Å². The number of rotatable bonds is 4. The van der Waals surface area contributed by atoms with Crippen LogP contribution in [0.1, 0.15) is 30.6 Å². The second-order valence-corrected chi connectivity index (χ2v) is 8.78. The predicted octanol–water partition coefficient (Wildman–Crippen LogP) is 4.84. The summed E-state index contributed by atoms with van der Waals surface area (Å²) in [6.07, 6.45) is 0.153. The van der Waals surface area contributed by atoms with Gasteiger partial charge in [-0.15, -0.1) is 0 Å². The second-order valence-electron chi connectivity index (χ2n) is 8.78. The summed E-state index contributed by atoms with van der Waals surface area (Å²) in [5.74, 6) is 0.112. The Labute approximate surface area is 197 Å². The van der Waals surface area contributed by atoms with Crippen LogP contribution >= 0.6 is 0 Å². The zero-order valence-electron chi connectivity index (χ0n) is 19.0. The molecule has 0 saturated carbocycles. The molecule has 3 aromatic carbocycles. The Balaban J connectivity index is 1.39. The average Bonchev–Trinajstić information content (AvgIpc) is 3.17. The number of fused-ring (bicyclic) bond motifs is 2. The van der Waals surface area contributed by atoms with Gasteiger partial charge in [-0.05, 0) is 56.3 Å². The summed E-state index contributed by atoms with van der Waals surface area (Å²) in [4.78, 5) is 42.2. The van der Waals surface area contributed by atoms with E-state index in [1.807, 2.05) is 56.3 Å². The summed E-state index contributed by atoms with van der Waals surface area (Å²) < 4.78 is 6.06. The van der Waals surface area contributed by atoms with Gasteiger partial charge in [0.2, 0.25) is 11.8 Å². The van der Waals surface area contributed by atoms with Gasteiger partial charge in [-0.25, -0.2) is 0 Å². The van der Waals surface area contributed by atoms with Gasteiger partial charge in [-0.3, -0.25) is 14.4 Å². The van der Waals surface area contributed by atoms with Gasteiger partial charge in [-0.2, -0.15) is 0 Å². The van der Waals surface area contributed by atoms with Gasteiger partial charge in [-0.1, -0.05) is 30.3 Å². The van der Waals surface area contributed by atoms with E-state index in [2.05, 4.69) is 5.32 Å². The topological polar surface area (TPSA) is 79.0 Å². The van der Waals surface area contributed by atoms with Crippen LogP contribution in [0.3, 0.4) is 0 Å². The van der Waals surface area contributed by atoms with Crippen molar-refractivity contribution in [1.29, 1.82) is 0 Å². The van der Waals surface area contributed by atoms with E-state index < -0.39 is 5.92 Å². The third kappa shape index (κ3) is 3.90. The lowest BCUT2D eigenvalue weighted by Gasteiger charge is -2.26. The average molecular weight is 456 g/mol. The molecule has 0 radical (unpaired) electrons. The Morgan fingerprint density at radius 2 is 1.71 bits per heavy atom. The number of ether oxygens (including phenoxy) is 1. The molecule has 2 aliphatic heterocycles. The number of hydrogen-bond acceptors (Lipinski definition) is 4. The van der Waals surface area contributed by atoms with E-state index in [0.717, 1.165) is 5.69 Å². The first-order valence-electron chi connectivity index (χ1n) is 11.3. The molecular formula is C27H25N3O4. The zero-order chi connectivity index (χ0) is 23.8. The summed E-state index contributed by atoms with van der Waals surface area (Å²) >= 11 is 0. The van der Waals surface area contributed by atoms with Crippen molar-refractivity contribution in [2.75, 3.05) is 21.7 Å². The number of nitrogens with zero attached hydrogens (tertiary/aromatic N) is 2. The maximum absolute atomic E-state index is 13.3. The Bertz CT molecular complexity index is 1270. The van der Waals surface area contributed by atoms with Gasteiger partial charge < -0.3 is 19.9 Å². The van der Waals surface area contributed by atoms with Crippen LogP contribution in [0.15, 0.2) is 72.8 Å². The van der Waals surface area contributed by atoms with Crippen LogP contribution < -0.4 is 19.9 Å². The molecule has 0 bridgehead atoms. The number of carbonyl (C=O) groups excluding carboxylic acids is 3. The number of para-hydroxylation sites is 2. The monoisotopic (exact) mass is 455 g/mol. The van der Waals surface area contributed by atoms with Crippen molar-refractivity contribution < 1.29 is 19.1 Å². The van der Waals surface area contributed by atoms with E-state index in [4.69, 9.17) is 4.74 Å². The number of carbonyl (C=O) groups is 3. The lowest BCUT2D eigenvalue weighted by molar-refractivity contribution is -0.122. The molecule has 2 aliphatic rings. The fourth-order valence-corrected chi connectivity index (χ4v) is 4.46. The lowest BCUT2D eigenvalue weighted by atomic mass is 10.1. The molecule has 3 amide bonds. The van der Waals surface area contributed by atoms with Gasteiger partial charge >= 0.3 is 0 Å². The summed E-state index contributed by atoms with van der Waals surface area (Å²) in [7, 11) is 0. The first-order chi connectivity index (χ1) is 16.4. The second kappa shape index (κ2) is 8.67. The fraction of sp³-hybridized carbons (Fsp3) is 0.222. The third-order valence-corrected chi connectivity index (χ3v) is 6.12. The normalized spacial score (nSPS) is 17.2. The minimum Gasteiger partial charge on any atom is -0.454 e. The maximum atomic E-state index is 13.3. The van der Waals surface area contributed by atoms with E-state index in [1.165, 1.54) is 0 Å². The van der Waals surface area contributed by atoms with Crippen molar-refractivity contribution in [2.45, 2.75) is 26.3 Å². The van der Waals surface area contributed by atoms with Crippen LogP contribution in [0, 0.1) is 5.92 Å². The SMILES string of the molecule is CC(C)N1C(=O)c2ccccc2Oc2ccc(NC(=O)[C@H]3CC(=O)N(c4ccccc4)C3)cc21. The summed E-state index contributed by atoms with van der Waals surface area (Å²) in [5, 5.41) is 2.93. The molecule has 5 rings (SSSR count). The first-order valence-corrected chi connectivity index (χ1v) is 11.3. The highest BCUT2D eigenvalue weighted by atomic mass is 16.5. The van der Waals surface area contributed by atoms with E-state index in [1.54, 1.807) is 40.1 Å². The maximum Gasteiger partial charge on any atom is 0.262 e. The molecule has 2 heterocycles. The molecule has 7 heteroatoms. The molecule has 1 fully saturated rings. The van der Waals surface area contributed by atoms with Crippen LogP contribution in [0.25, 0.3) is 0 Å². The molecule has 172 valence electrons. The van der Waals surface area contributed by atoms with Crippen molar-refractivity contribution in [3.8, 4) is 11.5 Å². The number of benzene rings is 3. The number of amides is 3. The van der Waals surface area contributed by atoms with Gasteiger partial charge in [0.05, 0.1) is 17.2 Å². The Hall–Kier alpha value is -4.13. The summed E-state index contributed by atoms with van der Waals surface area (Å²) in [6.45, 7) is 4.20. The number of anilines is 3. The fourth-order valence-electron chi connectivity index (χ4n) is 4.46. The van der Waals surface area contributed by atoms with Gasteiger partial charge in [0.1, 0.15) is 5.75 Å². The highest BCUT2D eigenvalue weighted by Crippen LogP contribution is 2.41. The van der Waals surface area contributed by atoms with Gasteiger partial charge in [0.15, 0.2) is 5.75 Å². The Morgan fingerprint density at radius 3 is 2.47 bits per heavy atom. The minimum absolute atomic E-state index is 0.0731. The van der Waals surface area contributed by atoms with E-state index >= 15 is 0 Å². The Kier molecular flexibility index (Phi) is 5.53. The van der Waals surface area contributed by atoms with Crippen LogP contribution in [0.4, 0.5) is 17.1 Å². The quantitative estimate of drug-likeness (QED) is 0.611. The summed E-state index contributed by atoms with van der Waals surface area (Å²) in [5.41, 5.74) is 2.41. The standard InChI is InChI=1S/C27H25N3O4/c1-17(2)30-22-15-19(12-13-24(22)34-23-11-7-6-10-21(23)27(30)33)28-26(32)18-14-25(31)29(16-18)20-8-4-3-5-9-20/h3-13,15,17-18H,14,16H2,1-2H3,(H,28,32)/t18-/m0/s1. The molecule has 0 spiro atoms. The van der Waals surface area contributed by atoms with Crippen molar-refractivity contribution in [3.05, 3.63) is 78.4 Å². The molecule has 7 nitrogen and oxygen atoms in total. The van der Waals surface area contributed by atoms with Crippen molar-refractivity contribution in [1.82, 2.24) is 0 Å². The van der Waals surface area contributed by atoms with E-state index in [9.17, 15) is 14.4 Å². The smallest absolute Gasteiger partial charge is 0.262 e. The molecule has 0 unspecified atom stereocenters. The number of hydrogen-bond donors (Lipinski definition) is 1. The largest absolute Gasteiger partial charge is 0.454 e. The summed E-state index contributed by atoms with van der Waals surface area (Å²) in [6, 6.07) is 21.6. The molecule has 1 N–H and O–H groups in total. The predicted molar refractivity (Wildman–Crippen MR) is 130 cm³/mol. The van der Waals surface area contributed by atoms with Crippen LogP contribution in [0.2, 0.25) is 0 Å². The van der Waals surface area contributed by atoms with Crippen LogP contribution in [-0.2, 0) is 9.59 Å². The van der Waals surface area contributed by atoms with Gasteiger partial charge in [0.25, 0.3) is 5.91 Å². The van der Waals surface area contributed by atoms with E-state index in [-0.39, 0.29) is 30.2 Å². The molecule has 3 aromatic rings. The highest BCUT2D eigenvalue weighted by Gasteiger charge is 2.35. The van der Waals surface area contributed by atoms with Crippen molar-refractivity contribution in [2.24, 2.45) is 5.92 Å². The van der Waals surface area contributed by atoms with E-state index in [0.29, 0.717) is 35.0 Å². The molecule has 1 atom stereocenters. The lowest BCUT2D eigenvalue weighted by Crippen LogP contribution is -2.36. The number of nitrogens with one attached hydrogen (secondary N) is 1. The third-order valence-electron chi connectivity index (χ3n) is 6.12. The van der Waals surface area contributed by atoms with Gasteiger partial charge in [0, 0.05) is 30.4 Å². The minimum atomic E-state index is -0.463. The zero-order valence-corrected chi connectivity index (χ0v) is 19.0. The van der Waals surface area contributed by atoms with Crippen LogP contribution in [-0.4, -0.2) is 30.3 Å². The highest BCUT2D eigenvalue weighted by molar-refractivity contribution is 6.10. The molecule has 0 aliphatic carbocycles.